The normalized spacial score (nSPS) is 39.0. The van der Waals surface area contributed by atoms with E-state index in [0.717, 1.165) is 6.42 Å². The largest absolute Gasteiger partial charge is 0.381 e. The summed E-state index contributed by atoms with van der Waals surface area (Å²) in [6.45, 7) is 0. The Morgan fingerprint density at radius 2 is 2.00 bits per heavy atom. The molecule has 0 aromatic carbocycles. The minimum atomic E-state index is -0.751. The fraction of sp³-hybridized carbons (Fsp3) is 1.00. The quantitative estimate of drug-likeness (QED) is 0.624. The molecule has 1 saturated heterocycles. The first-order valence-corrected chi connectivity index (χ1v) is 3.73. The molecule has 1 rings (SSSR count). The molecule has 1 heterocycles. The van der Waals surface area contributed by atoms with Crippen LogP contribution in [0.4, 0.5) is 0 Å². The maximum absolute atomic E-state index is 11.0. The fourth-order valence-electron chi connectivity index (χ4n) is 1.27. The zero-order valence-corrected chi connectivity index (χ0v) is 6.87. The summed E-state index contributed by atoms with van der Waals surface area (Å²) in [4.78, 5) is 0. The molecule has 0 spiro atoms. The summed E-state index contributed by atoms with van der Waals surface area (Å²) < 4.78 is 10.1. The van der Waals surface area contributed by atoms with E-state index in [-0.39, 0.29) is 12.3 Å². The van der Waals surface area contributed by atoms with E-state index in [4.69, 9.17) is 9.47 Å². The number of rotatable bonds is 2. The van der Waals surface area contributed by atoms with E-state index < -0.39 is 6.23 Å². The van der Waals surface area contributed by atoms with Gasteiger partial charge in [0.25, 0.3) is 0 Å². The molecule has 0 amide bonds. The Hall–Kier alpha value is -0.160. The number of methoxy groups -OCH3 is 2. The molecule has 0 bridgehead atoms. The Morgan fingerprint density at radius 1 is 1.27 bits per heavy atom. The summed E-state index contributed by atoms with van der Waals surface area (Å²) in [6, 6.07) is 0. The molecule has 4 nitrogen and oxygen atoms in total. The van der Waals surface area contributed by atoms with Gasteiger partial charge in [-0.1, -0.05) is 0 Å². The van der Waals surface area contributed by atoms with Crippen LogP contribution in [-0.2, 0) is 14.6 Å². The van der Waals surface area contributed by atoms with Gasteiger partial charge in [0.1, 0.15) is 12.5 Å². The molecular weight excluding hydrogens is 146 g/mol. The van der Waals surface area contributed by atoms with Crippen molar-refractivity contribution in [2.45, 2.75) is 31.4 Å². The van der Waals surface area contributed by atoms with Crippen LogP contribution in [0.25, 0.3) is 0 Å². The Kier molecular flexibility index (Phi) is 3.26. The molecule has 11 heavy (non-hydrogen) atoms. The standard InChI is InChI=1S/C7H14NO3/c1-10-5-3-6(9)8-7(4-5)11-2/h5-8H,3-4H2,1-2H3. The molecule has 1 fully saturated rings. The van der Waals surface area contributed by atoms with Gasteiger partial charge in [-0.05, 0) is 0 Å². The van der Waals surface area contributed by atoms with Crippen molar-refractivity contribution in [2.75, 3.05) is 14.2 Å². The van der Waals surface area contributed by atoms with Crippen LogP contribution >= 0.6 is 0 Å². The maximum atomic E-state index is 11.0. The first-order valence-electron chi connectivity index (χ1n) is 3.73. The van der Waals surface area contributed by atoms with E-state index in [1.54, 1.807) is 14.2 Å². The van der Waals surface area contributed by atoms with Gasteiger partial charge in [-0.3, -0.25) is 5.32 Å². The third-order valence-electron chi connectivity index (χ3n) is 1.94. The van der Waals surface area contributed by atoms with E-state index in [9.17, 15) is 5.11 Å². The minimum Gasteiger partial charge on any atom is -0.381 e. The molecule has 1 aliphatic rings. The molecule has 0 aliphatic carbocycles. The second kappa shape index (κ2) is 4.01. The van der Waals surface area contributed by atoms with Crippen LogP contribution in [0.1, 0.15) is 12.8 Å². The van der Waals surface area contributed by atoms with Gasteiger partial charge >= 0.3 is 0 Å². The van der Waals surface area contributed by atoms with Crippen LogP contribution in [0.2, 0.25) is 0 Å². The Bertz CT molecular complexity index is 108. The van der Waals surface area contributed by atoms with Crippen LogP contribution in [-0.4, -0.2) is 32.8 Å². The van der Waals surface area contributed by atoms with E-state index in [1.165, 1.54) is 0 Å². The third kappa shape index (κ3) is 2.41. The Balaban J connectivity index is 2.37. The Morgan fingerprint density at radius 3 is 2.55 bits per heavy atom. The second-order valence-electron chi connectivity index (χ2n) is 2.71. The second-order valence-corrected chi connectivity index (χ2v) is 2.71. The van der Waals surface area contributed by atoms with Gasteiger partial charge in [-0.2, -0.15) is 0 Å². The van der Waals surface area contributed by atoms with Crippen molar-refractivity contribution in [3.05, 3.63) is 0 Å². The van der Waals surface area contributed by atoms with Gasteiger partial charge in [0.15, 0.2) is 0 Å². The highest BCUT2D eigenvalue weighted by molar-refractivity contribution is 4.75. The van der Waals surface area contributed by atoms with Crippen molar-refractivity contribution in [3.63, 3.8) is 0 Å². The first-order chi connectivity index (χ1) is 5.26. The molecule has 1 aliphatic heterocycles. The molecule has 0 aromatic rings. The van der Waals surface area contributed by atoms with Gasteiger partial charge in [-0.25, -0.2) is 5.11 Å². The predicted octanol–water partition coefficient (Wildman–Crippen LogP) is 0.114. The Labute approximate surface area is 66.5 Å². The lowest BCUT2D eigenvalue weighted by Crippen LogP contribution is -2.48. The van der Waals surface area contributed by atoms with Crippen molar-refractivity contribution >= 4 is 0 Å². The highest BCUT2D eigenvalue weighted by atomic mass is 16.5. The van der Waals surface area contributed by atoms with Crippen LogP contribution in [0.5, 0.6) is 0 Å². The lowest BCUT2D eigenvalue weighted by molar-refractivity contribution is -0.101. The first kappa shape index (κ1) is 8.93. The molecule has 1 radical (unpaired) electrons. The van der Waals surface area contributed by atoms with E-state index in [2.05, 4.69) is 5.32 Å². The van der Waals surface area contributed by atoms with Crippen LogP contribution in [0.3, 0.4) is 0 Å². The van der Waals surface area contributed by atoms with Crippen molar-refractivity contribution in [3.8, 4) is 0 Å². The van der Waals surface area contributed by atoms with Crippen LogP contribution < -0.4 is 5.32 Å². The van der Waals surface area contributed by atoms with Crippen molar-refractivity contribution in [1.29, 1.82) is 0 Å². The number of hydrogen-bond donors (Lipinski definition) is 1. The van der Waals surface area contributed by atoms with Crippen LogP contribution in [0, 0.1) is 0 Å². The molecule has 3 atom stereocenters. The molecular formula is C7H14NO3. The SMILES string of the molecule is COC1CC([O])NC(OC)C1. The lowest BCUT2D eigenvalue weighted by atomic mass is 10.1. The average molecular weight is 160 g/mol. The highest BCUT2D eigenvalue weighted by Gasteiger charge is 2.27. The van der Waals surface area contributed by atoms with E-state index >= 15 is 0 Å². The summed E-state index contributed by atoms with van der Waals surface area (Å²) in [7, 11) is 3.21. The van der Waals surface area contributed by atoms with Crippen molar-refractivity contribution < 1.29 is 14.6 Å². The smallest absolute Gasteiger partial charge is 0.148 e. The molecule has 1 N–H and O–H groups in total. The lowest BCUT2D eigenvalue weighted by Gasteiger charge is -2.30. The predicted molar refractivity (Wildman–Crippen MR) is 38.4 cm³/mol. The molecule has 0 saturated carbocycles. The van der Waals surface area contributed by atoms with E-state index in [0.29, 0.717) is 6.42 Å². The van der Waals surface area contributed by atoms with Crippen LogP contribution in [0.15, 0.2) is 0 Å². The number of piperidine rings is 1. The maximum Gasteiger partial charge on any atom is 0.148 e. The summed E-state index contributed by atoms with van der Waals surface area (Å²) in [5.74, 6) is 0. The monoisotopic (exact) mass is 160 g/mol. The number of nitrogens with one attached hydrogen (secondary N) is 1. The van der Waals surface area contributed by atoms with Crippen molar-refractivity contribution in [2.24, 2.45) is 0 Å². The molecule has 4 heteroatoms. The zero-order chi connectivity index (χ0) is 8.27. The number of ether oxygens (including phenoxy) is 2. The van der Waals surface area contributed by atoms with Gasteiger partial charge < -0.3 is 9.47 Å². The van der Waals surface area contributed by atoms with Gasteiger partial charge in [0, 0.05) is 27.1 Å². The summed E-state index contributed by atoms with van der Waals surface area (Å²) in [5, 5.41) is 13.8. The van der Waals surface area contributed by atoms with E-state index in [1.807, 2.05) is 0 Å². The molecule has 0 aromatic heterocycles. The highest BCUT2D eigenvalue weighted by Crippen LogP contribution is 2.15. The number of hydrogen-bond acceptors (Lipinski definition) is 3. The fourth-order valence-corrected chi connectivity index (χ4v) is 1.27. The molecule has 65 valence electrons. The zero-order valence-electron chi connectivity index (χ0n) is 6.87. The third-order valence-corrected chi connectivity index (χ3v) is 1.94. The van der Waals surface area contributed by atoms with Gasteiger partial charge in [0.2, 0.25) is 0 Å². The summed E-state index contributed by atoms with van der Waals surface area (Å²) >= 11 is 0. The summed E-state index contributed by atoms with van der Waals surface area (Å²) in [6.07, 6.45) is 0.431. The average Bonchev–Trinajstić information content (AvgIpc) is 2.03. The topological polar surface area (TPSA) is 50.4 Å². The van der Waals surface area contributed by atoms with Gasteiger partial charge in [-0.15, -0.1) is 0 Å². The van der Waals surface area contributed by atoms with Gasteiger partial charge in [0.05, 0.1) is 6.10 Å². The van der Waals surface area contributed by atoms with Crippen molar-refractivity contribution in [1.82, 2.24) is 5.32 Å². The molecule has 3 unspecified atom stereocenters. The minimum absolute atomic E-state index is 0.0451. The summed E-state index contributed by atoms with van der Waals surface area (Å²) in [5.41, 5.74) is 0.